The van der Waals surface area contributed by atoms with Gasteiger partial charge in [0.05, 0.1) is 0 Å². The van der Waals surface area contributed by atoms with E-state index in [1.165, 1.54) is 5.47 Å². The standard InChI is InChI=1S/C8H13B/c1-4-6-8(9-3)7-5-2/h4-7,9H,1H2,2-3H3/b7-5-,8-6+. The molecular formula is C8H13B. The van der Waals surface area contributed by atoms with E-state index in [1.54, 1.807) is 0 Å². The summed E-state index contributed by atoms with van der Waals surface area (Å²) in [4.78, 5) is 0. The third kappa shape index (κ3) is 3.83. The van der Waals surface area contributed by atoms with E-state index in [9.17, 15) is 0 Å². The van der Waals surface area contributed by atoms with Gasteiger partial charge in [-0.25, -0.2) is 0 Å². The Labute approximate surface area is 58.2 Å². The predicted octanol–water partition coefficient (Wildman–Crippen LogP) is 2.12. The summed E-state index contributed by atoms with van der Waals surface area (Å²) in [6.07, 6.45) is 7.99. The Kier molecular flexibility index (Phi) is 4.99. The largest absolute Gasteiger partial charge is 0.154 e. The van der Waals surface area contributed by atoms with Crippen LogP contribution in [0.1, 0.15) is 6.92 Å². The van der Waals surface area contributed by atoms with Crippen LogP contribution in [-0.4, -0.2) is 7.28 Å². The van der Waals surface area contributed by atoms with Crippen LogP contribution in [0.3, 0.4) is 0 Å². The van der Waals surface area contributed by atoms with Gasteiger partial charge in [-0.15, -0.1) is 0 Å². The number of hydrogen-bond acceptors (Lipinski definition) is 0. The van der Waals surface area contributed by atoms with Crippen LogP contribution >= 0.6 is 0 Å². The first-order chi connectivity index (χ1) is 4.35. The van der Waals surface area contributed by atoms with Crippen molar-refractivity contribution in [2.24, 2.45) is 0 Å². The fraction of sp³-hybridized carbons (Fsp3) is 0.250. The summed E-state index contributed by atoms with van der Waals surface area (Å²) in [5.41, 5.74) is 1.33. The second kappa shape index (κ2) is 5.42. The molecule has 0 fully saturated rings. The molecule has 0 unspecified atom stereocenters. The zero-order valence-corrected chi connectivity index (χ0v) is 6.22. The molecule has 0 atom stereocenters. The first kappa shape index (κ1) is 8.28. The fourth-order valence-corrected chi connectivity index (χ4v) is 0.657. The zero-order valence-electron chi connectivity index (χ0n) is 6.22. The highest BCUT2D eigenvalue weighted by molar-refractivity contribution is 6.44. The molecule has 48 valence electrons. The van der Waals surface area contributed by atoms with Crippen LogP contribution in [0.15, 0.2) is 36.4 Å². The van der Waals surface area contributed by atoms with Crippen LogP contribution in [0.2, 0.25) is 6.82 Å². The average molecular weight is 120 g/mol. The maximum absolute atomic E-state index is 3.62. The maximum Gasteiger partial charge on any atom is 0.154 e. The lowest BCUT2D eigenvalue weighted by Gasteiger charge is -1.89. The molecule has 0 aromatic carbocycles. The Morgan fingerprint density at radius 1 is 1.56 bits per heavy atom. The summed E-state index contributed by atoms with van der Waals surface area (Å²) in [6.45, 7) is 7.78. The van der Waals surface area contributed by atoms with Crippen molar-refractivity contribution in [2.45, 2.75) is 13.7 Å². The third-order valence-electron chi connectivity index (χ3n) is 1.12. The van der Waals surface area contributed by atoms with E-state index >= 15 is 0 Å². The Hall–Kier alpha value is -0.715. The Morgan fingerprint density at radius 2 is 2.22 bits per heavy atom. The summed E-state index contributed by atoms with van der Waals surface area (Å²) in [5.74, 6) is 0. The Balaban J connectivity index is 3.96. The molecule has 0 rings (SSSR count). The molecule has 0 aromatic heterocycles. The predicted molar refractivity (Wildman–Crippen MR) is 46.1 cm³/mol. The molecule has 0 heterocycles. The molecule has 0 N–H and O–H groups in total. The van der Waals surface area contributed by atoms with Crippen molar-refractivity contribution in [1.29, 1.82) is 0 Å². The highest BCUT2D eigenvalue weighted by Gasteiger charge is 1.83. The molecule has 0 amide bonds. The van der Waals surface area contributed by atoms with Gasteiger partial charge in [0.25, 0.3) is 0 Å². The van der Waals surface area contributed by atoms with Crippen molar-refractivity contribution in [3.63, 3.8) is 0 Å². The summed E-state index contributed by atoms with van der Waals surface area (Å²) >= 11 is 0. The van der Waals surface area contributed by atoms with E-state index in [4.69, 9.17) is 0 Å². The van der Waals surface area contributed by atoms with Gasteiger partial charge in [0.2, 0.25) is 0 Å². The maximum atomic E-state index is 3.62. The molecule has 0 aliphatic heterocycles. The van der Waals surface area contributed by atoms with Gasteiger partial charge >= 0.3 is 0 Å². The van der Waals surface area contributed by atoms with Crippen molar-refractivity contribution in [3.8, 4) is 0 Å². The number of hydrogen-bond donors (Lipinski definition) is 0. The number of rotatable bonds is 3. The van der Waals surface area contributed by atoms with Gasteiger partial charge in [0, 0.05) is 0 Å². The lowest BCUT2D eigenvalue weighted by Crippen LogP contribution is -1.83. The minimum atomic E-state index is 1.08. The van der Waals surface area contributed by atoms with Gasteiger partial charge in [-0.1, -0.05) is 43.2 Å². The molecule has 0 nitrogen and oxygen atoms in total. The summed E-state index contributed by atoms with van der Waals surface area (Å²) in [7, 11) is 1.08. The highest BCUT2D eigenvalue weighted by Crippen LogP contribution is 1.93. The van der Waals surface area contributed by atoms with Crippen LogP contribution in [-0.2, 0) is 0 Å². The fourth-order valence-electron chi connectivity index (χ4n) is 0.657. The molecule has 9 heavy (non-hydrogen) atoms. The second-order valence-electron chi connectivity index (χ2n) is 1.83. The third-order valence-corrected chi connectivity index (χ3v) is 1.12. The quantitative estimate of drug-likeness (QED) is 0.395. The van der Waals surface area contributed by atoms with Gasteiger partial charge < -0.3 is 0 Å². The molecule has 0 saturated carbocycles. The first-order valence-corrected chi connectivity index (χ1v) is 3.29. The lowest BCUT2D eigenvalue weighted by atomic mass is 9.72. The number of allylic oxidation sites excluding steroid dienone is 5. The summed E-state index contributed by atoms with van der Waals surface area (Å²) < 4.78 is 0. The van der Waals surface area contributed by atoms with Crippen LogP contribution < -0.4 is 0 Å². The molecule has 0 saturated heterocycles. The summed E-state index contributed by atoms with van der Waals surface area (Å²) in [5, 5.41) is 0. The van der Waals surface area contributed by atoms with E-state index in [-0.39, 0.29) is 0 Å². The molecule has 0 bridgehead atoms. The van der Waals surface area contributed by atoms with E-state index in [0.717, 1.165) is 7.28 Å². The van der Waals surface area contributed by atoms with Gasteiger partial charge in [-0.2, -0.15) is 0 Å². The van der Waals surface area contributed by atoms with Gasteiger partial charge in [-0.05, 0) is 6.92 Å². The van der Waals surface area contributed by atoms with E-state index in [2.05, 4.69) is 19.5 Å². The minimum Gasteiger partial charge on any atom is -0.0991 e. The molecule has 0 radical (unpaired) electrons. The molecular weight excluding hydrogens is 107 g/mol. The zero-order chi connectivity index (χ0) is 7.11. The van der Waals surface area contributed by atoms with Gasteiger partial charge in [-0.3, -0.25) is 0 Å². The van der Waals surface area contributed by atoms with Gasteiger partial charge in [0.15, 0.2) is 7.28 Å². The van der Waals surface area contributed by atoms with E-state index in [1.807, 2.05) is 25.2 Å². The summed E-state index contributed by atoms with van der Waals surface area (Å²) in [6, 6.07) is 0. The molecule has 0 aromatic rings. The topological polar surface area (TPSA) is 0 Å². The highest BCUT2D eigenvalue weighted by atomic mass is 13.7. The van der Waals surface area contributed by atoms with Crippen LogP contribution in [0.4, 0.5) is 0 Å². The van der Waals surface area contributed by atoms with Crippen LogP contribution in [0, 0.1) is 0 Å². The lowest BCUT2D eigenvalue weighted by molar-refractivity contribution is 1.70. The normalized spacial score (nSPS) is 12.0. The van der Waals surface area contributed by atoms with Crippen molar-refractivity contribution in [3.05, 3.63) is 36.4 Å². The first-order valence-electron chi connectivity index (χ1n) is 3.29. The smallest absolute Gasteiger partial charge is 0.0991 e. The molecule has 1 heteroatoms. The van der Waals surface area contributed by atoms with Crippen molar-refractivity contribution in [2.75, 3.05) is 0 Å². The van der Waals surface area contributed by atoms with E-state index in [0.29, 0.717) is 0 Å². The Morgan fingerprint density at radius 3 is 2.56 bits per heavy atom. The van der Waals surface area contributed by atoms with Gasteiger partial charge in [0.1, 0.15) is 0 Å². The monoisotopic (exact) mass is 120 g/mol. The van der Waals surface area contributed by atoms with E-state index < -0.39 is 0 Å². The van der Waals surface area contributed by atoms with Crippen molar-refractivity contribution in [1.82, 2.24) is 0 Å². The van der Waals surface area contributed by atoms with Crippen LogP contribution in [0.5, 0.6) is 0 Å². The molecule has 0 spiro atoms. The van der Waals surface area contributed by atoms with Crippen LogP contribution in [0.25, 0.3) is 0 Å². The SMILES string of the molecule is C=C/C=C(BC)\C=C/C. The van der Waals surface area contributed by atoms with Crippen molar-refractivity contribution < 1.29 is 0 Å². The molecule has 0 aliphatic carbocycles. The van der Waals surface area contributed by atoms with Crippen molar-refractivity contribution >= 4 is 7.28 Å². The average Bonchev–Trinajstić information content (AvgIpc) is 1.88. The Bertz CT molecular complexity index is 132. The minimum absolute atomic E-state index is 1.08. The molecule has 0 aliphatic rings. The second-order valence-corrected chi connectivity index (χ2v) is 1.83.